The number of nitrogens with one attached hydrogen (secondary N) is 2. The van der Waals surface area contributed by atoms with E-state index >= 15 is 0 Å². The molecule has 7 heterocycles. The molecule has 1 amide bonds. The molecule has 0 atom stereocenters. The van der Waals surface area contributed by atoms with Crippen molar-refractivity contribution in [1.29, 1.82) is 0 Å². The van der Waals surface area contributed by atoms with Crippen LogP contribution >= 0.6 is 63.7 Å². The van der Waals surface area contributed by atoms with Crippen LogP contribution in [0.2, 0.25) is 0 Å². The third-order valence-corrected chi connectivity index (χ3v) is 17.6. The lowest BCUT2D eigenvalue weighted by Crippen LogP contribution is -2.26. The van der Waals surface area contributed by atoms with Crippen LogP contribution in [0.1, 0.15) is 43.0 Å². The van der Waals surface area contributed by atoms with E-state index in [2.05, 4.69) is 111 Å². The summed E-state index contributed by atoms with van der Waals surface area (Å²) in [6.45, 7) is 0.429. The lowest BCUT2D eigenvalue weighted by Gasteiger charge is -2.14. The molecular weight excluding hydrogens is 1600 g/mol. The first-order valence-electron chi connectivity index (χ1n) is 31.8. The molecule has 538 valence electrons. The Balaban J connectivity index is 0.000000159. The summed E-state index contributed by atoms with van der Waals surface area (Å²) in [5.74, 6) is 5.37. The molecule has 0 bridgehead atoms. The maximum Gasteiger partial charge on any atom is 0.280 e. The molecule has 8 N–H and O–H groups in total. The average molecular weight is 1670 g/mol. The summed E-state index contributed by atoms with van der Waals surface area (Å²) in [4.78, 5) is 56.1. The molecule has 26 heteroatoms. The van der Waals surface area contributed by atoms with Crippen molar-refractivity contribution in [3.63, 3.8) is 0 Å². The summed E-state index contributed by atoms with van der Waals surface area (Å²) in [5.41, 5.74) is 29.8. The molecule has 0 aliphatic heterocycles. The van der Waals surface area contributed by atoms with Gasteiger partial charge in [-0.05, 0) is 160 Å². The Morgan fingerprint density at radius 3 is 1.43 bits per heavy atom. The van der Waals surface area contributed by atoms with Crippen molar-refractivity contribution in [2.45, 2.75) is 6.61 Å². The molecule has 0 saturated carbocycles. The van der Waals surface area contributed by atoms with Crippen LogP contribution < -0.4 is 50.4 Å². The van der Waals surface area contributed by atoms with Gasteiger partial charge >= 0.3 is 0 Å². The number of amides is 1. The van der Waals surface area contributed by atoms with Gasteiger partial charge in [0, 0.05) is 124 Å². The van der Waals surface area contributed by atoms with E-state index in [1.54, 1.807) is 104 Å². The number of ketones is 1. The number of nitrogens with two attached hydrogens (primary N) is 3. The van der Waals surface area contributed by atoms with E-state index in [4.69, 9.17) is 59.9 Å². The second-order valence-electron chi connectivity index (χ2n) is 22.2. The van der Waals surface area contributed by atoms with Gasteiger partial charge in [0.2, 0.25) is 0 Å². The SMILES string of the molecule is COC=C(c1ccccc1OC)c1cc(Br)cnc1N.CON(C)C(=O)c1cc(Br)cnc1N.COc1ccc(COc2ccc(-c3cnc4[nH]cc(-c5ccccc5OC)c4c3)cc2OC)cc1.COc1ccccc1-c1c[nH]c2ncc(Br)cc12.COc1ccccc1C(=O)c1cc(Br)cnc1N. The van der Waals surface area contributed by atoms with Gasteiger partial charge in [0.1, 0.15) is 64.1 Å². The predicted octanol–water partition coefficient (Wildman–Crippen LogP) is 17.7. The van der Waals surface area contributed by atoms with Crippen LogP contribution in [0, 0.1) is 0 Å². The first-order chi connectivity index (χ1) is 50.8. The number of anilines is 3. The first-order valence-corrected chi connectivity index (χ1v) is 34.9. The van der Waals surface area contributed by atoms with E-state index in [-0.39, 0.29) is 23.3 Å². The molecule has 0 aliphatic carbocycles. The first kappa shape index (κ1) is 77.9. The van der Waals surface area contributed by atoms with Gasteiger partial charge in [0.05, 0.1) is 79.8 Å². The van der Waals surface area contributed by atoms with Crippen molar-refractivity contribution >= 4 is 121 Å². The number of aromatic nitrogens is 7. The van der Waals surface area contributed by atoms with E-state index in [0.717, 1.165) is 115 Å². The number of aromatic amines is 2. The van der Waals surface area contributed by atoms with Gasteiger partial charge < -0.3 is 65.1 Å². The molecule has 0 unspecified atom stereocenters. The number of nitrogen functional groups attached to an aromatic ring is 3. The summed E-state index contributed by atoms with van der Waals surface area (Å²) in [7, 11) is 14.3. The summed E-state index contributed by atoms with van der Waals surface area (Å²) in [5, 5.41) is 3.18. The average Bonchev–Trinajstić information content (AvgIpc) is 1.60. The number of carbonyl (C=O) groups is 2. The number of fused-ring (bicyclic) bond motifs is 2. The minimum absolute atomic E-state index is 0.183. The molecule has 13 aromatic rings. The highest BCUT2D eigenvalue weighted by atomic mass is 79.9. The summed E-state index contributed by atoms with van der Waals surface area (Å²) in [6, 6.07) is 53.7. The smallest absolute Gasteiger partial charge is 0.280 e. The number of rotatable bonds is 19. The number of halogens is 4. The van der Waals surface area contributed by atoms with E-state index in [1.807, 2.05) is 140 Å². The number of H-pyrrole nitrogens is 2. The molecule has 7 aromatic heterocycles. The van der Waals surface area contributed by atoms with Crippen LogP contribution in [-0.2, 0) is 16.2 Å². The Morgan fingerprint density at radius 1 is 0.429 bits per heavy atom. The molecule has 0 fully saturated rings. The van der Waals surface area contributed by atoms with Gasteiger partial charge in [-0.1, -0.05) is 84.9 Å². The topological polar surface area (TPSA) is 295 Å². The van der Waals surface area contributed by atoms with Crippen molar-refractivity contribution < 1.29 is 52.3 Å². The third-order valence-electron chi connectivity index (χ3n) is 15.8. The van der Waals surface area contributed by atoms with E-state index in [0.29, 0.717) is 55.3 Å². The monoisotopic (exact) mass is 1670 g/mol. The van der Waals surface area contributed by atoms with Gasteiger partial charge in [0.25, 0.3) is 5.91 Å². The highest BCUT2D eigenvalue weighted by Crippen LogP contribution is 2.40. The quantitative estimate of drug-likeness (QED) is 0.0285. The number of methoxy groups -OCH3 is 7. The van der Waals surface area contributed by atoms with Crippen molar-refractivity contribution in [3.8, 4) is 73.6 Å². The minimum atomic E-state index is -0.334. The molecule has 22 nitrogen and oxygen atoms in total. The molecule has 0 saturated heterocycles. The maximum atomic E-state index is 12.4. The fraction of sp³-hybridized carbons (Fsp3) is 0.127. The largest absolute Gasteiger partial charge is 0.504 e. The molecular formula is C79H73Br4N11O11. The van der Waals surface area contributed by atoms with E-state index in [1.165, 1.54) is 27.5 Å². The zero-order valence-electron chi connectivity index (χ0n) is 58.4. The van der Waals surface area contributed by atoms with Gasteiger partial charge in [0.15, 0.2) is 17.3 Å². The Labute approximate surface area is 640 Å². The molecule has 0 spiro atoms. The third kappa shape index (κ3) is 19.7. The number of hydroxylamine groups is 2. The fourth-order valence-corrected chi connectivity index (χ4v) is 11.9. The predicted molar refractivity (Wildman–Crippen MR) is 425 cm³/mol. The standard InChI is InChI=1S/C29H26N2O4.C15H15BrN2O2.C14H11BrN2O.C13H11BrN2O2.C8H10BrN3O2/c1-32-22-11-8-19(9-12-22)18-35-27-13-10-20(15-28(27)34-3)21-14-24-25(17-31-29(24)30-16-21)23-6-4-5-7-26(23)33-2;1-19-9-13(11-5-3-4-6-14(11)20-2)12-7-10(16)8-18-15(12)17;1-18-13-5-3-2-4-10(13)12-8-17-14-11(12)6-9(15)7-16-14;1-18-11-5-3-2-4-9(11)12(17)10-6-8(14)7-16-13(10)15;1-12(14-2)8(13)6-3-5(9)4-11-7(6)10/h4-17H,18H2,1-3H3,(H,30,31);3-9H,1-2H3,(H2,17,18);2-8H,1H3,(H,16,17);2-7H,1H3,(H2,15,16);3-4H,1-2H3,(H2,10,11). The van der Waals surface area contributed by atoms with Crippen molar-refractivity contribution in [3.05, 3.63) is 271 Å². The van der Waals surface area contributed by atoms with E-state index in [9.17, 15) is 9.59 Å². The van der Waals surface area contributed by atoms with Crippen LogP contribution in [-0.4, -0.2) is 116 Å². The van der Waals surface area contributed by atoms with Crippen LogP contribution in [0.5, 0.6) is 40.2 Å². The Morgan fingerprint density at radius 2 is 0.886 bits per heavy atom. The van der Waals surface area contributed by atoms with Crippen molar-refractivity contribution in [1.82, 2.24) is 40.0 Å². The lowest BCUT2D eigenvalue weighted by molar-refractivity contribution is -0.0756. The van der Waals surface area contributed by atoms with Crippen LogP contribution in [0.25, 0.3) is 61.0 Å². The number of para-hydroxylation sites is 4. The Kier molecular flexibility index (Phi) is 28.0. The van der Waals surface area contributed by atoms with Gasteiger partial charge in [-0.25, -0.2) is 30.0 Å². The van der Waals surface area contributed by atoms with Crippen molar-refractivity contribution in [2.24, 2.45) is 0 Å². The highest BCUT2D eigenvalue weighted by molar-refractivity contribution is 9.11. The second-order valence-corrected chi connectivity index (χ2v) is 25.9. The normalized spacial score (nSPS) is 10.7. The van der Waals surface area contributed by atoms with E-state index < -0.39 is 0 Å². The minimum Gasteiger partial charge on any atom is -0.504 e. The van der Waals surface area contributed by atoms with Gasteiger partial charge in [-0.2, -0.15) is 0 Å². The van der Waals surface area contributed by atoms with Gasteiger partial charge in [-0.15, -0.1) is 0 Å². The number of nitrogens with zero attached hydrogens (tertiary/aromatic N) is 6. The number of carbonyl (C=O) groups excluding carboxylic acids is 2. The summed E-state index contributed by atoms with van der Waals surface area (Å²) < 4.78 is 46.8. The van der Waals surface area contributed by atoms with Crippen LogP contribution in [0.15, 0.2) is 237 Å². The molecule has 13 rings (SSSR count). The zero-order chi connectivity index (χ0) is 75.1. The number of benzene rings is 6. The second kappa shape index (κ2) is 37.8. The molecule has 0 aliphatic rings. The highest BCUT2D eigenvalue weighted by Gasteiger charge is 2.21. The molecule has 0 radical (unpaired) electrons. The summed E-state index contributed by atoms with van der Waals surface area (Å²) >= 11 is 13.3. The zero-order valence-corrected chi connectivity index (χ0v) is 64.8. The van der Waals surface area contributed by atoms with Crippen LogP contribution in [0.4, 0.5) is 17.5 Å². The Bertz CT molecular complexity index is 5180. The van der Waals surface area contributed by atoms with Gasteiger partial charge in [-0.3, -0.25) is 14.4 Å². The lowest BCUT2D eigenvalue weighted by atomic mass is 9.99. The number of pyridine rings is 5. The number of hydrogen-bond donors (Lipinski definition) is 5. The van der Waals surface area contributed by atoms with Crippen LogP contribution in [0.3, 0.4) is 0 Å². The molecule has 6 aromatic carbocycles. The Hall–Kier alpha value is -11.3. The molecule has 105 heavy (non-hydrogen) atoms. The van der Waals surface area contributed by atoms with Crippen molar-refractivity contribution in [2.75, 3.05) is 81.1 Å². The number of ether oxygens (including phenoxy) is 8. The number of hydrogen-bond acceptors (Lipinski definition) is 19. The fourth-order valence-electron chi connectivity index (χ4n) is 10.6. The maximum absolute atomic E-state index is 12.4. The summed E-state index contributed by atoms with van der Waals surface area (Å²) in [6.07, 6.45) is 13.9.